The minimum atomic E-state index is -0.628. The number of methoxy groups -OCH3 is 1. The van der Waals surface area contributed by atoms with Crippen molar-refractivity contribution in [1.82, 2.24) is 0 Å². The zero-order valence-corrected chi connectivity index (χ0v) is 14.6. The van der Waals surface area contributed by atoms with Gasteiger partial charge < -0.3 is 14.4 Å². The second-order valence-corrected chi connectivity index (χ2v) is 5.25. The Morgan fingerprint density at radius 3 is 2.44 bits per heavy atom. The molecule has 0 aliphatic carbocycles. The van der Waals surface area contributed by atoms with Crippen molar-refractivity contribution in [2.45, 2.75) is 13.8 Å². The Morgan fingerprint density at radius 1 is 1.00 bits per heavy atom. The molecule has 0 spiro atoms. The highest BCUT2D eigenvalue weighted by Crippen LogP contribution is 2.20. The van der Waals surface area contributed by atoms with Crippen LogP contribution >= 0.6 is 0 Å². The first-order valence-electron chi connectivity index (χ1n) is 7.64. The summed E-state index contributed by atoms with van der Waals surface area (Å²) in [4.78, 5) is 22.2. The second-order valence-electron chi connectivity index (χ2n) is 5.25. The molecule has 0 bridgehead atoms. The van der Waals surface area contributed by atoms with E-state index in [4.69, 9.17) is 14.4 Å². The summed E-state index contributed by atoms with van der Waals surface area (Å²) in [6.45, 7) is 3.86. The number of oxime groups is 2. The molecule has 0 unspecified atom stereocenters. The fraction of sp³-hybridized carbons (Fsp3) is 0.211. The van der Waals surface area contributed by atoms with Crippen molar-refractivity contribution < 1.29 is 19.2 Å². The first-order valence-corrected chi connectivity index (χ1v) is 7.64. The number of esters is 1. The second kappa shape index (κ2) is 8.63. The number of carbonyl (C=O) groups is 1. The minimum Gasteiger partial charge on any atom is -0.464 e. The van der Waals surface area contributed by atoms with E-state index in [2.05, 4.69) is 10.3 Å². The number of rotatable bonds is 6. The smallest absolute Gasteiger partial charge is 0.360 e. The van der Waals surface area contributed by atoms with Crippen molar-refractivity contribution >= 4 is 17.4 Å². The Balaban J connectivity index is 2.33. The van der Waals surface area contributed by atoms with Crippen LogP contribution in [0.1, 0.15) is 23.6 Å². The maximum atomic E-state index is 11.9. The van der Waals surface area contributed by atoms with Crippen molar-refractivity contribution in [3.05, 3.63) is 65.2 Å². The van der Waals surface area contributed by atoms with E-state index in [0.29, 0.717) is 17.0 Å². The fourth-order valence-electron chi connectivity index (χ4n) is 2.17. The summed E-state index contributed by atoms with van der Waals surface area (Å²) in [5.41, 5.74) is 3.23. The first-order chi connectivity index (χ1) is 12.1. The maximum Gasteiger partial charge on any atom is 0.360 e. The van der Waals surface area contributed by atoms with E-state index in [1.54, 1.807) is 24.3 Å². The highest BCUT2D eigenvalue weighted by molar-refractivity contribution is 6.43. The molecule has 130 valence electrons. The standard InChI is InChI=1S/C19H20N2O4/c1-13-8-7-9-15(12-13)14(2)20-25-17-11-6-5-10-16(17)18(21-24-4)19(22)23-3/h5-12H,1-4H3/b20-14+,21-18-. The molecule has 0 aliphatic rings. The molecule has 6 heteroatoms. The summed E-state index contributed by atoms with van der Waals surface area (Å²) >= 11 is 0. The molecule has 0 aliphatic heterocycles. The average molecular weight is 340 g/mol. The summed E-state index contributed by atoms with van der Waals surface area (Å²) in [6.07, 6.45) is 0. The van der Waals surface area contributed by atoms with Gasteiger partial charge in [0.1, 0.15) is 7.11 Å². The topological polar surface area (TPSA) is 69.5 Å². The largest absolute Gasteiger partial charge is 0.464 e. The first kappa shape index (κ1) is 18.2. The third-order valence-electron chi connectivity index (χ3n) is 3.42. The van der Waals surface area contributed by atoms with Gasteiger partial charge in [-0.1, -0.05) is 52.3 Å². The molecule has 0 heterocycles. The number of nitrogens with zero attached hydrogens (tertiary/aromatic N) is 2. The molecule has 0 radical (unpaired) electrons. The Kier molecular flexibility index (Phi) is 6.28. The average Bonchev–Trinajstić information content (AvgIpc) is 2.64. The molecule has 2 rings (SSSR count). The van der Waals surface area contributed by atoms with Crippen LogP contribution in [0.5, 0.6) is 5.75 Å². The summed E-state index contributed by atoms with van der Waals surface area (Å²) in [6, 6.07) is 14.8. The van der Waals surface area contributed by atoms with Gasteiger partial charge in [0, 0.05) is 0 Å². The van der Waals surface area contributed by atoms with Gasteiger partial charge in [0.05, 0.1) is 18.4 Å². The molecule has 0 fully saturated rings. The van der Waals surface area contributed by atoms with Crippen molar-refractivity contribution in [2.75, 3.05) is 14.2 Å². The van der Waals surface area contributed by atoms with Gasteiger partial charge in [-0.2, -0.15) is 0 Å². The van der Waals surface area contributed by atoms with Gasteiger partial charge in [0.25, 0.3) is 0 Å². The SMILES string of the molecule is CO/N=C(\C(=O)OC)c1ccccc1O/N=C(\C)c1cccc(C)c1. The van der Waals surface area contributed by atoms with Crippen LogP contribution in [0.4, 0.5) is 0 Å². The number of aryl methyl sites for hydroxylation is 1. The monoisotopic (exact) mass is 340 g/mol. The van der Waals surface area contributed by atoms with Gasteiger partial charge in [0.15, 0.2) is 11.5 Å². The number of para-hydroxylation sites is 1. The molecule has 0 atom stereocenters. The van der Waals surface area contributed by atoms with Crippen molar-refractivity contribution in [3.8, 4) is 5.75 Å². The van der Waals surface area contributed by atoms with Gasteiger partial charge >= 0.3 is 5.97 Å². The minimum absolute atomic E-state index is 0.00371. The molecule has 2 aromatic carbocycles. The lowest BCUT2D eigenvalue weighted by molar-refractivity contribution is -0.132. The van der Waals surface area contributed by atoms with E-state index in [0.717, 1.165) is 11.1 Å². The van der Waals surface area contributed by atoms with Gasteiger partial charge in [0.2, 0.25) is 0 Å². The lowest BCUT2D eigenvalue weighted by Gasteiger charge is -2.09. The molecular weight excluding hydrogens is 320 g/mol. The van der Waals surface area contributed by atoms with Gasteiger partial charge in [-0.05, 0) is 31.5 Å². The Hall–Kier alpha value is -3.15. The van der Waals surface area contributed by atoms with E-state index in [-0.39, 0.29) is 5.71 Å². The molecule has 0 saturated heterocycles. The Labute approximate surface area is 146 Å². The lowest BCUT2D eigenvalue weighted by atomic mass is 10.1. The van der Waals surface area contributed by atoms with Crippen molar-refractivity contribution in [2.24, 2.45) is 10.3 Å². The van der Waals surface area contributed by atoms with Gasteiger partial charge in [-0.25, -0.2) is 4.79 Å². The fourth-order valence-corrected chi connectivity index (χ4v) is 2.17. The summed E-state index contributed by atoms with van der Waals surface area (Å²) in [5.74, 6) is -0.256. The van der Waals surface area contributed by atoms with Crippen LogP contribution in [0.2, 0.25) is 0 Å². The summed E-state index contributed by atoms with van der Waals surface area (Å²) < 4.78 is 4.74. The van der Waals surface area contributed by atoms with Gasteiger partial charge in [-0.3, -0.25) is 0 Å². The van der Waals surface area contributed by atoms with Crippen LogP contribution in [0, 0.1) is 6.92 Å². The Morgan fingerprint density at radius 2 is 1.76 bits per heavy atom. The number of hydrogen-bond acceptors (Lipinski definition) is 6. The van der Waals surface area contributed by atoms with Crippen LogP contribution < -0.4 is 4.84 Å². The molecule has 0 N–H and O–H groups in total. The Bertz CT molecular complexity index is 813. The number of hydrogen-bond donors (Lipinski definition) is 0. The molecule has 6 nitrogen and oxygen atoms in total. The molecule has 0 aromatic heterocycles. The maximum absolute atomic E-state index is 11.9. The summed E-state index contributed by atoms with van der Waals surface area (Å²) in [5, 5.41) is 7.90. The van der Waals surface area contributed by atoms with Crippen molar-refractivity contribution in [1.29, 1.82) is 0 Å². The van der Waals surface area contributed by atoms with Crippen LogP contribution in [0.3, 0.4) is 0 Å². The number of carbonyl (C=O) groups excluding carboxylic acids is 1. The molecular formula is C19H20N2O4. The predicted molar refractivity (Wildman–Crippen MR) is 96.0 cm³/mol. The lowest BCUT2D eigenvalue weighted by Crippen LogP contribution is -2.18. The third-order valence-corrected chi connectivity index (χ3v) is 3.42. The normalized spacial score (nSPS) is 11.8. The van der Waals surface area contributed by atoms with E-state index >= 15 is 0 Å². The predicted octanol–water partition coefficient (Wildman–Crippen LogP) is 3.32. The highest BCUT2D eigenvalue weighted by Gasteiger charge is 2.20. The molecule has 25 heavy (non-hydrogen) atoms. The molecule has 0 amide bonds. The van der Waals surface area contributed by atoms with E-state index < -0.39 is 5.97 Å². The molecule has 0 saturated carbocycles. The van der Waals surface area contributed by atoms with Gasteiger partial charge in [-0.15, -0.1) is 0 Å². The van der Waals surface area contributed by atoms with E-state index in [1.807, 2.05) is 38.1 Å². The quantitative estimate of drug-likeness (QED) is 0.459. The van der Waals surface area contributed by atoms with Crippen LogP contribution in [-0.4, -0.2) is 31.6 Å². The van der Waals surface area contributed by atoms with Crippen LogP contribution in [-0.2, 0) is 14.4 Å². The third kappa shape index (κ3) is 4.67. The van der Waals surface area contributed by atoms with Crippen molar-refractivity contribution in [3.63, 3.8) is 0 Å². The summed E-state index contributed by atoms with van der Waals surface area (Å²) in [7, 11) is 2.63. The van der Waals surface area contributed by atoms with Crippen LogP contribution in [0.25, 0.3) is 0 Å². The zero-order valence-electron chi connectivity index (χ0n) is 14.6. The zero-order chi connectivity index (χ0) is 18.2. The van der Waals surface area contributed by atoms with Crippen LogP contribution in [0.15, 0.2) is 58.8 Å². The van der Waals surface area contributed by atoms with E-state index in [1.165, 1.54) is 14.2 Å². The number of benzene rings is 2. The highest BCUT2D eigenvalue weighted by atomic mass is 16.6. The molecule has 2 aromatic rings. The van der Waals surface area contributed by atoms with E-state index in [9.17, 15) is 4.79 Å². The number of ether oxygens (including phenoxy) is 1.